The highest BCUT2D eigenvalue weighted by Crippen LogP contribution is 2.27. The minimum Gasteiger partial charge on any atom is -0.493 e. The molecule has 0 saturated carbocycles. The molecule has 0 atom stereocenters. The zero-order valence-corrected chi connectivity index (χ0v) is 16.9. The summed E-state index contributed by atoms with van der Waals surface area (Å²) in [6, 6.07) is 15.9. The van der Waals surface area contributed by atoms with Gasteiger partial charge in [-0.25, -0.2) is 4.98 Å². The standard InChI is InChI=1S/C22H24N2O3S/c1-26-19-10-8-16(14-20(19)27-2)12-13-23-21(25)11-9-18-15-28-22(24-18)17-6-4-3-5-7-17/h3-8,10,14-15H,9,11-13H2,1-2H3,(H,23,25). The highest BCUT2D eigenvalue weighted by atomic mass is 32.1. The molecule has 2 aromatic carbocycles. The number of ether oxygens (including phenoxy) is 2. The van der Waals surface area contributed by atoms with Gasteiger partial charge in [0.2, 0.25) is 5.91 Å². The fourth-order valence-corrected chi connectivity index (χ4v) is 3.71. The van der Waals surface area contributed by atoms with Crippen LogP contribution >= 0.6 is 11.3 Å². The Balaban J connectivity index is 1.43. The van der Waals surface area contributed by atoms with E-state index in [-0.39, 0.29) is 5.91 Å². The number of aryl methyl sites for hydroxylation is 1. The first-order valence-electron chi connectivity index (χ1n) is 9.17. The molecule has 0 spiro atoms. The number of methoxy groups -OCH3 is 2. The average Bonchev–Trinajstić information content (AvgIpc) is 3.22. The first kappa shape index (κ1) is 19.9. The maximum Gasteiger partial charge on any atom is 0.220 e. The third kappa shape index (κ3) is 5.33. The highest BCUT2D eigenvalue weighted by molar-refractivity contribution is 7.13. The molecular formula is C22H24N2O3S. The number of hydrogen-bond donors (Lipinski definition) is 1. The molecule has 0 aliphatic rings. The van der Waals surface area contributed by atoms with Gasteiger partial charge in [-0.1, -0.05) is 36.4 Å². The van der Waals surface area contributed by atoms with Crippen LogP contribution in [0.2, 0.25) is 0 Å². The molecule has 1 aromatic heterocycles. The minimum atomic E-state index is 0.0368. The van der Waals surface area contributed by atoms with Gasteiger partial charge in [0.1, 0.15) is 5.01 Å². The average molecular weight is 397 g/mol. The molecule has 0 aliphatic heterocycles. The minimum absolute atomic E-state index is 0.0368. The van der Waals surface area contributed by atoms with Gasteiger partial charge in [0.15, 0.2) is 11.5 Å². The van der Waals surface area contributed by atoms with E-state index in [9.17, 15) is 4.79 Å². The van der Waals surface area contributed by atoms with E-state index < -0.39 is 0 Å². The maximum atomic E-state index is 12.1. The van der Waals surface area contributed by atoms with E-state index in [0.29, 0.717) is 30.9 Å². The number of aromatic nitrogens is 1. The van der Waals surface area contributed by atoms with Gasteiger partial charge in [0.25, 0.3) is 0 Å². The lowest BCUT2D eigenvalue weighted by Crippen LogP contribution is -2.25. The van der Waals surface area contributed by atoms with E-state index in [1.165, 1.54) is 0 Å². The number of carbonyl (C=O) groups excluding carboxylic acids is 1. The van der Waals surface area contributed by atoms with Crippen LogP contribution < -0.4 is 14.8 Å². The molecule has 0 unspecified atom stereocenters. The van der Waals surface area contributed by atoms with Crippen LogP contribution in [-0.4, -0.2) is 31.7 Å². The summed E-state index contributed by atoms with van der Waals surface area (Å²) in [6.45, 7) is 0.584. The number of rotatable bonds is 9. The number of hydrogen-bond acceptors (Lipinski definition) is 5. The Labute approximate surface area is 169 Å². The molecule has 0 bridgehead atoms. The molecule has 28 heavy (non-hydrogen) atoms. The van der Waals surface area contributed by atoms with Crippen LogP contribution in [0.4, 0.5) is 0 Å². The van der Waals surface area contributed by atoms with Gasteiger partial charge in [0.05, 0.1) is 19.9 Å². The number of amides is 1. The largest absolute Gasteiger partial charge is 0.493 e. The van der Waals surface area contributed by atoms with Crippen molar-refractivity contribution in [1.82, 2.24) is 10.3 Å². The molecule has 5 nitrogen and oxygen atoms in total. The van der Waals surface area contributed by atoms with Gasteiger partial charge in [-0.2, -0.15) is 0 Å². The Bertz CT molecular complexity index is 909. The number of carbonyl (C=O) groups is 1. The van der Waals surface area contributed by atoms with Gasteiger partial charge in [-0.05, 0) is 30.5 Å². The van der Waals surface area contributed by atoms with Crippen LogP contribution in [0.15, 0.2) is 53.9 Å². The summed E-state index contributed by atoms with van der Waals surface area (Å²) in [5.41, 5.74) is 3.15. The molecule has 0 aliphatic carbocycles. The zero-order valence-electron chi connectivity index (χ0n) is 16.1. The van der Waals surface area contributed by atoms with Gasteiger partial charge >= 0.3 is 0 Å². The lowest BCUT2D eigenvalue weighted by atomic mass is 10.1. The zero-order chi connectivity index (χ0) is 19.8. The summed E-state index contributed by atoms with van der Waals surface area (Å²) in [4.78, 5) is 16.8. The predicted molar refractivity (Wildman–Crippen MR) is 112 cm³/mol. The first-order chi connectivity index (χ1) is 13.7. The summed E-state index contributed by atoms with van der Waals surface area (Å²) in [5, 5.41) is 5.99. The summed E-state index contributed by atoms with van der Waals surface area (Å²) in [6.07, 6.45) is 1.82. The summed E-state index contributed by atoms with van der Waals surface area (Å²) >= 11 is 1.61. The van der Waals surface area contributed by atoms with Gasteiger partial charge < -0.3 is 14.8 Å². The van der Waals surface area contributed by atoms with Gasteiger partial charge in [0, 0.05) is 23.9 Å². The van der Waals surface area contributed by atoms with E-state index in [1.807, 2.05) is 53.9 Å². The van der Waals surface area contributed by atoms with Crippen molar-refractivity contribution in [2.24, 2.45) is 0 Å². The number of nitrogens with one attached hydrogen (secondary N) is 1. The Morgan fingerprint density at radius 2 is 1.82 bits per heavy atom. The normalized spacial score (nSPS) is 10.5. The van der Waals surface area contributed by atoms with Gasteiger partial charge in [-0.3, -0.25) is 4.79 Å². The summed E-state index contributed by atoms with van der Waals surface area (Å²) in [5.74, 6) is 1.44. The van der Waals surface area contributed by atoms with Crippen LogP contribution in [0, 0.1) is 0 Å². The van der Waals surface area contributed by atoms with E-state index in [0.717, 1.165) is 28.2 Å². The molecule has 1 amide bonds. The van der Waals surface area contributed by atoms with Crippen molar-refractivity contribution in [1.29, 1.82) is 0 Å². The quantitative estimate of drug-likeness (QED) is 0.591. The summed E-state index contributed by atoms with van der Waals surface area (Å²) < 4.78 is 10.5. The predicted octanol–water partition coefficient (Wildman–Crippen LogP) is 4.12. The van der Waals surface area contributed by atoms with Crippen molar-refractivity contribution in [3.8, 4) is 22.1 Å². The molecule has 0 fully saturated rings. The Hall–Kier alpha value is -2.86. The molecule has 3 aromatic rings. The molecule has 0 saturated heterocycles. The molecule has 3 rings (SSSR count). The molecule has 0 radical (unpaired) electrons. The van der Waals surface area contributed by atoms with E-state index in [2.05, 4.69) is 10.3 Å². The topological polar surface area (TPSA) is 60.5 Å². The Morgan fingerprint density at radius 3 is 2.57 bits per heavy atom. The lowest BCUT2D eigenvalue weighted by Gasteiger charge is -2.10. The number of thiazole rings is 1. The Morgan fingerprint density at radius 1 is 1.04 bits per heavy atom. The Kier molecular flexibility index (Phi) is 7.03. The first-order valence-corrected chi connectivity index (χ1v) is 10.0. The third-order valence-electron chi connectivity index (χ3n) is 4.36. The van der Waals surface area contributed by atoms with E-state index in [1.54, 1.807) is 25.6 Å². The van der Waals surface area contributed by atoms with E-state index >= 15 is 0 Å². The van der Waals surface area contributed by atoms with Crippen molar-refractivity contribution in [2.45, 2.75) is 19.3 Å². The van der Waals surface area contributed by atoms with Crippen molar-refractivity contribution < 1.29 is 14.3 Å². The van der Waals surface area contributed by atoms with Crippen molar-refractivity contribution in [3.05, 3.63) is 65.2 Å². The SMILES string of the molecule is COc1ccc(CCNC(=O)CCc2csc(-c3ccccc3)n2)cc1OC. The van der Waals surface area contributed by atoms with E-state index in [4.69, 9.17) is 9.47 Å². The number of benzene rings is 2. The van der Waals surface area contributed by atoms with Crippen molar-refractivity contribution in [3.63, 3.8) is 0 Å². The second kappa shape index (κ2) is 9.90. The lowest BCUT2D eigenvalue weighted by molar-refractivity contribution is -0.121. The smallest absolute Gasteiger partial charge is 0.220 e. The summed E-state index contributed by atoms with van der Waals surface area (Å²) in [7, 11) is 3.23. The molecule has 146 valence electrons. The van der Waals surface area contributed by atoms with Crippen molar-refractivity contribution in [2.75, 3.05) is 20.8 Å². The maximum absolute atomic E-state index is 12.1. The highest BCUT2D eigenvalue weighted by Gasteiger charge is 2.08. The second-order valence-electron chi connectivity index (χ2n) is 6.30. The van der Waals surface area contributed by atoms with Crippen LogP contribution in [-0.2, 0) is 17.6 Å². The second-order valence-corrected chi connectivity index (χ2v) is 7.16. The van der Waals surface area contributed by atoms with Crippen molar-refractivity contribution >= 4 is 17.2 Å². The molecule has 1 N–H and O–H groups in total. The molecule has 1 heterocycles. The fourth-order valence-electron chi connectivity index (χ4n) is 2.85. The molecule has 6 heteroatoms. The van der Waals surface area contributed by atoms with Crippen LogP contribution in [0.5, 0.6) is 11.5 Å². The molecular weight excluding hydrogens is 372 g/mol. The fraction of sp³-hybridized carbons (Fsp3) is 0.273. The van der Waals surface area contributed by atoms with Crippen LogP contribution in [0.1, 0.15) is 17.7 Å². The van der Waals surface area contributed by atoms with Crippen LogP contribution in [0.3, 0.4) is 0 Å². The van der Waals surface area contributed by atoms with Crippen LogP contribution in [0.25, 0.3) is 10.6 Å². The van der Waals surface area contributed by atoms with Gasteiger partial charge in [-0.15, -0.1) is 11.3 Å². The third-order valence-corrected chi connectivity index (χ3v) is 5.30. The number of nitrogens with zero attached hydrogens (tertiary/aromatic N) is 1. The monoisotopic (exact) mass is 396 g/mol.